The number of nitrogens with one attached hydrogen (secondary N) is 2. The average molecular weight is 345 g/mol. The molecule has 2 saturated heterocycles. The topological polar surface area (TPSA) is 79.4 Å². The molecule has 0 aromatic carbocycles. The van der Waals surface area contributed by atoms with Crippen molar-refractivity contribution in [3.05, 3.63) is 18.0 Å². The maximum Gasteiger partial charge on any atom is 0.254 e. The van der Waals surface area contributed by atoms with Crippen molar-refractivity contribution in [3.8, 4) is 0 Å². The highest BCUT2D eigenvalue weighted by atomic mass is 16.5. The fourth-order valence-corrected chi connectivity index (χ4v) is 4.19. The zero-order valence-corrected chi connectivity index (χ0v) is 14.8. The fraction of sp³-hybridized carbons (Fsp3) is 0.722. The summed E-state index contributed by atoms with van der Waals surface area (Å²) in [5.41, 5.74) is 0.526. The van der Waals surface area contributed by atoms with Gasteiger partial charge in [-0.1, -0.05) is 0 Å². The Morgan fingerprint density at radius 3 is 2.52 bits per heavy atom. The van der Waals surface area contributed by atoms with Crippen molar-refractivity contribution in [3.63, 3.8) is 0 Å². The van der Waals surface area contributed by atoms with Crippen LogP contribution in [0.25, 0.3) is 0 Å². The van der Waals surface area contributed by atoms with Gasteiger partial charge in [0.25, 0.3) is 5.91 Å². The van der Waals surface area contributed by atoms with Gasteiger partial charge in [0, 0.05) is 57.8 Å². The number of nitrogens with zero attached hydrogens (tertiary/aromatic N) is 3. The average Bonchev–Trinajstić information content (AvgIpc) is 3.43. The number of hydrogen-bond donors (Lipinski definition) is 2. The molecular formula is C18H27N5O2. The van der Waals surface area contributed by atoms with Crippen LogP contribution in [0.2, 0.25) is 0 Å². The first-order valence-corrected chi connectivity index (χ1v) is 9.37. The Morgan fingerprint density at radius 1 is 1.16 bits per heavy atom. The Labute approximate surface area is 148 Å². The summed E-state index contributed by atoms with van der Waals surface area (Å²) in [6, 6.07) is 0.835. The summed E-state index contributed by atoms with van der Waals surface area (Å²) in [5, 5.41) is 6.13. The summed E-state index contributed by atoms with van der Waals surface area (Å²) < 4.78 is 5.50. The van der Waals surface area contributed by atoms with E-state index in [1.807, 2.05) is 0 Å². The second-order valence-electron chi connectivity index (χ2n) is 7.42. The van der Waals surface area contributed by atoms with Crippen molar-refractivity contribution >= 4 is 11.9 Å². The predicted octanol–water partition coefficient (Wildman–Crippen LogP) is 1.14. The van der Waals surface area contributed by atoms with Gasteiger partial charge in [-0.05, 0) is 37.5 Å². The van der Waals surface area contributed by atoms with Crippen molar-refractivity contribution in [2.45, 2.75) is 37.8 Å². The summed E-state index contributed by atoms with van der Waals surface area (Å²) >= 11 is 0. The van der Waals surface area contributed by atoms with Gasteiger partial charge in [-0.25, -0.2) is 9.97 Å². The van der Waals surface area contributed by atoms with Crippen LogP contribution in [0.3, 0.4) is 0 Å². The van der Waals surface area contributed by atoms with E-state index in [0.717, 1.165) is 45.1 Å². The minimum Gasteiger partial charge on any atom is -0.381 e. The van der Waals surface area contributed by atoms with E-state index in [1.54, 1.807) is 19.4 Å². The first-order valence-electron chi connectivity index (χ1n) is 9.37. The van der Waals surface area contributed by atoms with Gasteiger partial charge in [0.1, 0.15) is 0 Å². The molecule has 4 rings (SSSR count). The third kappa shape index (κ3) is 3.77. The Kier molecular flexibility index (Phi) is 4.85. The maximum absolute atomic E-state index is 12.6. The first kappa shape index (κ1) is 16.7. The molecule has 25 heavy (non-hydrogen) atoms. The third-order valence-electron chi connectivity index (χ3n) is 5.78. The van der Waals surface area contributed by atoms with Gasteiger partial charge in [-0.2, -0.15) is 0 Å². The lowest BCUT2D eigenvalue weighted by Gasteiger charge is -2.31. The van der Waals surface area contributed by atoms with Crippen LogP contribution in [0.4, 0.5) is 5.95 Å². The summed E-state index contributed by atoms with van der Waals surface area (Å²) in [6.45, 7) is 3.78. The third-order valence-corrected chi connectivity index (χ3v) is 5.78. The molecule has 2 aliphatic heterocycles. The van der Waals surface area contributed by atoms with Gasteiger partial charge < -0.3 is 15.4 Å². The lowest BCUT2D eigenvalue weighted by molar-refractivity contribution is 0.0404. The summed E-state index contributed by atoms with van der Waals surface area (Å²) in [7, 11) is 1.76. The fourth-order valence-electron chi connectivity index (χ4n) is 4.19. The Morgan fingerprint density at radius 2 is 1.88 bits per heavy atom. The van der Waals surface area contributed by atoms with E-state index in [0.29, 0.717) is 23.5 Å². The highest BCUT2D eigenvalue weighted by Crippen LogP contribution is 2.42. The van der Waals surface area contributed by atoms with E-state index in [-0.39, 0.29) is 11.9 Å². The van der Waals surface area contributed by atoms with Crippen LogP contribution in [-0.4, -0.2) is 66.2 Å². The molecule has 3 fully saturated rings. The number of likely N-dealkylation sites (tertiary alicyclic amines) is 1. The van der Waals surface area contributed by atoms with Gasteiger partial charge in [0.05, 0.1) is 5.56 Å². The minimum absolute atomic E-state index is 0.0628. The number of rotatable bonds is 5. The molecule has 1 aliphatic carbocycles. The van der Waals surface area contributed by atoms with Gasteiger partial charge in [-0.3, -0.25) is 9.69 Å². The molecule has 3 aliphatic rings. The summed E-state index contributed by atoms with van der Waals surface area (Å²) in [5.74, 6) is 1.81. The molecule has 1 amide bonds. The molecule has 7 heteroatoms. The van der Waals surface area contributed by atoms with E-state index < -0.39 is 0 Å². The number of anilines is 1. The number of carbonyl (C=O) groups is 1. The zero-order valence-electron chi connectivity index (χ0n) is 14.8. The largest absolute Gasteiger partial charge is 0.381 e. The highest BCUT2D eigenvalue weighted by molar-refractivity contribution is 5.93. The highest BCUT2D eigenvalue weighted by Gasteiger charge is 2.44. The number of aromatic nitrogens is 2. The number of hydrogen-bond acceptors (Lipinski definition) is 6. The maximum atomic E-state index is 12.6. The lowest BCUT2D eigenvalue weighted by Crippen LogP contribution is -2.43. The molecule has 1 saturated carbocycles. The number of carbonyl (C=O) groups excluding carboxylic acids is 1. The van der Waals surface area contributed by atoms with E-state index in [1.165, 1.54) is 12.8 Å². The second kappa shape index (κ2) is 7.25. The van der Waals surface area contributed by atoms with Crippen molar-refractivity contribution in [1.82, 2.24) is 20.2 Å². The van der Waals surface area contributed by atoms with E-state index in [2.05, 4.69) is 25.5 Å². The van der Waals surface area contributed by atoms with Crippen LogP contribution >= 0.6 is 0 Å². The molecular weight excluding hydrogens is 318 g/mol. The predicted molar refractivity (Wildman–Crippen MR) is 94.5 cm³/mol. The molecule has 2 N–H and O–H groups in total. The van der Waals surface area contributed by atoms with Crippen LogP contribution in [-0.2, 0) is 4.74 Å². The normalized spacial score (nSPS) is 28.0. The standard InChI is InChI=1S/C18H27N5O2/c1-19-18-20-8-13(9-21-18)17(24)22-16-11-23(10-15(16)12-2-3-12)14-4-6-25-7-5-14/h8-9,12,14-16H,2-7,10-11H2,1H3,(H,22,24)(H,19,20,21)/t15-,16+/m1/s1. The van der Waals surface area contributed by atoms with Crippen LogP contribution in [0.1, 0.15) is 36.0 Å². The Bertz CT molecular complexity index is 598. The second-order valence-corrected chi connectivity index (χ2v) is 7.42. The molecule has 0 spiro atoms. The molecule has 0 bridgehead atoms. The minimum atomic E-state index is -0.0628. The van der Waals surface area contributed by atoms with Gasteiger partial charge >= 0.3 is 0 Å². The molecule has 3 heterocycles. The smallest absolute Gasteiger partial charge is 0.254 e. The van der Waals surface area contributed by atoms with Crippen molar-refractivity contribution in [1.29, 1.82) is 0 Å². The first-order chi connectivity index (χ1) is 12.2. The summed E-state index contributed by atoms with van der Waals surface area (Å²) in [6.07, 6.45) is 8.00. The molecule has 1 aromatic rings. The molecule has 2 atom stereocenters. The van der Waals surface area contributed by atoms with E-state index in [9.17, 15) is 4.79 Å². The van der Waals surface area contributed by atoms with Crippen molar-refractivity contribution in [2.75, 3.05) is 38.7 Å². The zero-order chi connectivity index (χ0) is 17.2. The van der Waals surface area contributed by atoms with Gasteiger partial charge in [0.15, 0.2) is 0 Å². The number of amides is 1. The van der Waals surface area contributed by atoms with Crippen molar-refractivity contribution in [2.24, 2.45) is 11.8 Å². The monoisotopic (exact) mass is 345 g/mol. The quantitative estimate of drug-likeness (QED) is 0.833. The number of ether oxygens (including phenoxy) is 1. The summed E-state index contributed by atoms with van der Waals surface area (Å²) in [4.78, 5) is 23.5. The van der Waals surface area contributed by atoms with Crippen LogP contribution in [0.15, 0.2) is 12.4 Å². The molecule has 0 unspecified atom stereocenters. The van der Waals surface area contributed by atoms with Crippen molar-refractivity contribution < 1.29 is 9.53 Å². The van der Waals surface area contributed by atoms with Crippen LogP contribution in [0.5, 0.6) is 0 Å². The molecule has 0 radical (unpaired) electrons. The van der Waals surface area contributed by atoms with E-state index >= 15 is 0 Å². The van der Waals surface area contributed by atoms with Crippen LogP contribution in [0, 0.1) is 11.8 Å². The SMILES string of the molecule is CNc1ncc(C(=O)N[C@H]2CN(C3CCOCC3)C[C@@H]2C2CC2)cn1. The van der Waals surface area contributed by atoms with E-state index in [4.69, 9.17) is 4.74 Å². The Hall–Kier alpha value is -1.73. The molecule has 1 aromatic heterocycles. The Balaban J connectivity index is 1.41. The molecule has 7 nitrogen and oxygen atoms in total. The lowest BCUT2D eigenvalue weighted by atomic mass is 9.98. The van der Waals surface area contributed by atoms with Crippen LogP contribution < -0.4 is 10.6 Å². The molecule has 136 valence electrons. The van der Waals surface area contributed by atoms with Gasteiger partial charge in [0.2, 0.25) is 5.95 Å². The van der Waals surface area contributed by atoms with Gasteiger partial charge in [-0.15, -0.1) is 0 Å².